The molecular weight excluding hydrogens is 256 g/mol. The van der Waals surface area contributed by atoms with E-state index in [2.05, 4.69) is 4.90 Å². The number of carbonyl (C=O) groups is 1. The van der Waals surface area contributed by atoms with E-state index in [0.717, 1.165) is 5.56 Å². The number of rotatable bonds is 2. The van der Waals surface area contributed by atoms with Gasteiger partial charge in [-0.15, -0.1) is 0 Å². The number of phenolic OH excluding ortho intramolecular Hbond substituents is 1. The molecule has 0 aromatic heterocycles. The average Bonchev–Trinajstić information content (AvgIpc) is 2.28. The van der Waals surface area contributed by atoms with Crippen LogP contribution in [0.2, 0.25) is 5.02 Å². The number of hydrogen-bond donors (Lipinski definition) is 2. The predicted octanol–water partition coefficient (Wildman–Crippen LogP) is 1.84. The minimum absolute atomic E-state index is 0.154. The fourth-order valence-electron chi connectivity index (χ4n) is 2.08. The van der Waals surface area contributed by atoms with Gasteiger partial charge in [-0.25, -0.2) is 4.79 Å². The summed E-state index contributed by atoms with van der Waals surface area (Å²) in [6, 6.07) is 4.98. The van der Waals surface area contributed by atoms with Crippen LogP contribution in [0.5, 0.6) is 5.75 Å². The van der Waals surface area contributed by atoms with Gasteiger partial charge >= 0.3 is 6.09 Å². The maximum atomic E-state index is 10.8. The number of aromatic hydroxyl groups is 1. The number of piperazine rings is 1. The molecule has 6 heteroatoms. The third-order valence-electron chi connectivity index (χ3n) is 2.99. The molecule has 2 rings (SSSR count). The zero-order valence-electron chi connectivity index (χ0n) is 9.84. The summed E-state index contributed by atoms with van der Waals surface area (Å²) in [6.45, 7) is 3.09. The van der Waals surface area contributed by atoms with Gasteiger partial charge in [0.2, 0.25) is 0 Å². The lowest BCUT2D eigenvalue weighted by atomic mass is 10.2. The molecule has 1 aliphatic heterocycles. The lowest BCUT2D eigenvalue weighted by Gasteiger charge is -2.33. The maximum Gasteiger partial charge on any atom is 0.407 e. The van der Waals surface area contributed by atoms with Crippen LogP contribution in [-0.2, 0) is 6.54 Å². The van der Waals surface area contributed by atoms with Crippen LogP contribution in [-0.4, -0.2) is 52.3 Å². The molecule has 0 aliphatic carbocycles. The van der Waals surface area contributed by atoms with E-state index in [9.17, 15) is 9.90 Å². The summed E-state index contributed by atoms with van der Waals surface area (Å²) in [7, 11) is 0. The topological polar surface area (TPSA) is 64.0 Å². The van der Waals surface area contributed by atoms with Crippen LogP contribution in [0.25, 0.3) is 0 Å². The third-order valence-corrected chi connectivity index (χ3v) is 3.21. The van der Waals surface area contributed by atoms with Crippen molar-refractivity contribution in [2.45, 2.75) is 6.54 Å². The van der Waals surface area contributed by atoms with Crippen molar-refractivity contribution in [3.63, 3.8) is 0 Å². The largest absolute Gasteiger partial charge is 0.508 e. The Morgan fingerprint density at radius 2 is 1.89 bits per heavy atom. The Morgan fingerprint density at radius 1 is 1.22 bits per heavy atom. The Morgan fingerprint density at radius 3 is 2.44 bits per heavy atom. The molecule has 98 valence electrons. The van der Waals surface area contributed by atoms with Gasteiger partial charge in [-0.2, -0.15) is 0 Å². The van der Waals surface area contributed by atoms with E-state index in [1.54, 1.807) is 6.07 Å². The van der Waals surface area contributed by atoms with E-state index in [1.165, 1.54) is 11.0 Å². The van der Waals surface area contributed by atoms with Gasteiger partial charge in [0.25, 0.3) is 0 Å². The molecule has 0 unspecified atom stereocenters. The Bertz CT molecular complexity index is 425. The van der Waals surface area contributed by atoms with Crippen molar-refractivity contribution in [1.29, 1.82) is 0 Å². The summed E-state index contributed by atoms with van der Waals surface area (Å²) in [5, 5.41) is 18.8. The highest BCUT2D eigenvalue weighted by atomic mass is 35.5. The predicted molar refractivity (Wildman–Crippen MR) is 68.0 cm³/mol. The number of carboxylic acid groups (broad SMARTS) is 1. The van der Waals surface area contributed by atoms with E-state index in [4.69, 9.17) is 16.7 Å². The average molecular weight is 271 g/mol. The minimum atomic E-state index is -0.866. The first kappa shape index (κ1) is 13.0. The van der Waals surface area contributed by atoms with Crippen molar-refractivity contribution in [2.75, 3.05) is 26.2 Å². The lowest BCUT2D eigenvalue weighted by molar-refractivity contribution is 0.103. The van der Waals surface area contributed by atoms with Gasteiger partial charge in [-0.3, -0.25) is 4.90 Å². The fraction of sp³-hybridized carbons (Fsp3) is 0.417. The molecule has 18 heavy (non-hydrogen) atoms. The van der Waals surface area contributed by atoms with Gasteiger partial charge in [-0.1, -0.05) is 11.6 Å². The van der Waals surface area contributed by atoms with Crippen LogP contribution in [0.15, 0.2) is 18.2 Å². The zero-order valence-corrected chi connectivity index (χ0v) is 10.6. The highest BCUT2D eigenvalue weighted by Crippen LogP contribution is 2.21. The van der Waals surface area contributed by atoms with Gasteiger partial charge in [0.05, 0.1) is 0 Å². The molecule has 1 fully saturated rings. The highest BCUT2D eigenvalue weighted by Gasteiger charge is 2.20. The van der Waals surface area contributed by atoms with Gasteiger partial charge in [0.15, 0.2) is 0 Å². The lowest BCUT2D eigenvalue weighted by Crippen LogP contribution is -2.47. The molecule has 0 spiro atoms. The Hall–Kier alpha value is -1.46. The Labute approximate surface area is 110 Å². The van der Waals surface area contributed by atoms with E-state index in [-0.39, 0.29) is 5.75 Å². The molecule has 1 amide bonds. The van der Waals surface area contributed by atoms with Gasteiger partial charge in [0, 0.05) is 37.7 Å². The van der Waals surface area contributed by atoms with E-state index >= 15 is 0 Å². The molecule has 1 aromatic carbocycles. The van der Waals surface area contributed by atoms with Crippen molar-refractivity contribution in [2.24, 2.45) is 0 Å². The molecule has 1 saturated heterocycles. The van der Waals surface area contributed by atoms with Crippen LogP contribution >= 0.6 is 11.6 Å². The number of benzene rings is 1. The molecular formula is C12H15ClN2O3. The summed E-state index contributed by atoms with van der Waals surface area (Å²) >= 11 is 5.87. The van der Waals surface area contributed by atoms with Gasteiger partial charge in [-0.05, 0) is 23.8 Å². The SMILES string of the molecule is O=C(O)N1CCN(Cc2cc(O)cc(Cl)c2)CC1. The number of hydrogen-bond acceptors (Lipinski definition) is 3. The van der Waals surface area contributed by atoms with Crippen LogP contribution in [0.4, 0.5) is 4.79 Å². The van der Waals surface area contributed by atoms with Crippen molar-refractivity contribution >= 4 is 17.7 Å². The van der Waals surface area contributed by atoms with Gasteiger partial charge in [0.1, 0.15) is 5.75 Å². The molecule has 1 heterocycles. The third kappa shape index (κ3) is 3.27. The molecule has 5 nitrogen and oxygen atoms in total. The summed E-state index contributed by atoms with van der Waals surface area (Å²) in [5.41, 5.74) is 0.934. The first-order chi connectivity index (χ1) is 8.54. The monoisotopic (exact) mass is 270 g/mol. The first-order valence-corrected chi connectivity index (χ1v) is 6.11. The molecule has 2 N–H and O–H groups in total. The second-order valence-corrected chi connectivity index (χ2v) is 4.80. The molecule has 0 radical (unpaired) electrons. The van der Waals surface area contributed by atoms with Crippen molar-refractivity contribution in [3.05, 3.63) is 28.8 Å². The number of nitrogens with zero attached hydrogens (tertiary/aromatic N) is 2. The summed E-state index contributed by atoms with van der Waals surface area (Å²) in [5.74, 6) is 0.154. The molecule has 1 aromatic rings. The van der Waals surface area contributed by atoms with Crippen molar-refractivity contribution in [1.82, 2.24) is 9.80 Å². The summed E-state index contributed by atoms with van der Waals surface area (Å²) < 4.78 is 0. The van der Waals surface area contributed by atoms with E-state index < -0.39 is 6.09 Å². The summed E-state index contributed by atoms with van der Waals surface area (Å²) in [4.78, 5) is 14.3. The Balaban J connectivity index is 1.93. The van der Waals surface area contributed by atoms with E-state index in [1.807, 2.05) is 6.07 Å². The molecule has 1 aliphatic rings. The molecule has 0 bridgehead atoms. The summed E-state index contributed by atoms with van der Waals surface area (Å²) in [6.07, 6.45) is -0.866. The normalized spacial score (nSPS) is 16.8. The van der Waals surface area contributed by atoms with Crippen LogP contribution in [0, 0.1) is 0 Å². The smallest absolute Gasteiger partial charge is 0.407 e. The number of halogens is 1. The van der Waals surface area contributed by atoms with Crippen LogP contribution < -0.4 is 0 Å². The molecule has 0 atom stereocenters. The standard InChI is InChI=1S/C12H15ClN2O3/c13-10-5-9(6-11(16)7-10)8-14-1-3-15(4-2-14)12(17)18/h5-7,16H,1-4,8H2,(H,17,18). The minimum Gasteiger partial charge on any atom is -0.508 e. The quantitative estimate of drug-likeness (QED) is 0.861. The second kappa shape index (κ2) is 5.46. The number of amides is 1. The highest BCUT2D eigenvalue weighted by molar-refractivity contribution is 6.30. The maximum absolute atomic E-state index is 10.8. The van der Waals surface area contributed by atoms with Crippen LogP contribution in [0.1, 0.15) is 5.56 Å². The van der Waals surface area contributed by atoms with Crippen molar-refractivity contribution in [3.8, 4) is 5.75 Å². The second-order valence-electron chi connectivity index (χ2n) is 4.36. The Kier molecular flexibility index (Phi) is 3.93. The fourth-order valence-corrected chi connectivity index (χ4v) is 2.33. The van der Waals surface area contributed by atoms with Crippen LogP contribution in [0.3, 0.4) is 0 Å². The van der Waals surface area contributed by atoms with Crippen molar-refractivity contribution < 1.29 is 15.0 Å². The first-order valence-electron chi connectivity index (χ1n) is 5.73. The van der Waals surface area contributed by atoms with Gasteiger partial charge < -0.3 is 15.1 Å². The number of phenols is 1. The van der Waals surface area contributed by atoms with E-state index in [0.29, 0.717) is 37.7 Å². The zero-order chi connectivity index (χ0) is 13.1. The molecule has 0 saturated carbocycles.